The lowest BCUT2D eigenvalue weighted by atomic mass is 10.0. The molecule has 3 heterocycles. The number of rotatable bonds is 5. The van der Waals surface area contributed by atoms with Crippen molar-refractivity contribution in [1.29, 1.82) is 0 Å². The smallest absolute Gasteiger partial charge is 0.236 e. The summed E-state index contributed by atoms with van der Waals surface area (Å²) < 4.78 is 10.6. The van der Waals surface area contributed by atoms with E-state index in [1.165, 1.54) is 6.42 Å². The molecule has 0 bridgehead atoms. The molecule has 134 valence electrons. The maximum absolute atomic E-state index is 12.6. The number of hydrogen-bond acceptors (Lipinski definition) is 5. The summed E-state index contributed by atoms with van der Waals surface area (Å²) in [4.78, 5) is 16.7. The SMILES string of the molecule is O=C(CN1CCCCCC1CC(O)c1ccco1)N1CCOCC1. The molecule has 1 N–H and O–H groups in total. The van der Waals surface area contributed by atoms with Crippen LogP contribution in [0.5, 0.6) is 0 Å². The van der Waals surface area contributed by atoms with Crippen LogP contribution in [0.4, 0.5) is 0 Å². The highest BCUT2D eigenvalue weighted by molar-refractivity contribution is 5.78. The van der Waals surface area contributed by atoms with E-state index in [9.17, 15) is 9.90 Å². The fourth-order valence-electron chi connectivity index (χ4n) is 3.65. The molecule has 24 heavy (non-hydrogen) atoms. The van der Waals surface area contributed by atoms with Gasteiger partial charge in [-0.15, -0.1) is 0 Å². The third-order valence-electron chi connectivity index (χ3n) is 5.07. The van der Waals surface area contributed by atoms with Gasteiger partial charge in [0.25, 0.3) is 0 Å². The van der Waals surface area contributed by atoms with E-state index in [4.69, 9.17) is 9.15 Å². The average Bonchev–Trinajstić information content (AvgIpc) is 3.07. The van der Waals surface area contributed by atoms with E-state index in [1.807, 2.05) is 11.0 Å². The third-order valence-corrected chi connectivity index (χ3v) is 5.07. The predicted molar refractivity (Wildman–Crippen MR) is 89.5 cm³/mol. The Hall–Kier alpha value is -1.37. The third kappa shape index (κ3) is 4.59. The average molecular weight is 336 g/mol. The molecular formula is C18H28N2O4. The highest BCUT2D eigenvalue weighted by Gasteiger charge is 2.28. The Kier molecular flexibility index (Phi) is 6.29. The summed E-state index contributed by atoms with van der Waals surface area (Å²) in [5, 5.41) is 10.4. The van der Waals surface area contributed by atoms with E-state index < -0.39 is 6.10 Å². The number of carbonyl (C=O) groups excluding carboxylic acids is 1. The van der Waals surface area contributed by atoms with Crippen molar-refractivity contribution in [2.24, 2.45) is 0 Å². The van der Waals surface area contributed by atoms with Crippen LogP contribution in [-0.2, 0) is 9.53 Å². The predicted octanol–water partition coefficient (Wildman–Crippen LogP) is 1.81. The first-order valence-corrected chi connectivity index (χ1v) is 9.05. The van der Waals surface area contributed by atoms with Gasteiger partial charge in [-0.25, -0.2) is 0 Å². The quantitative estimate of drug-likeness (QED) is 0.888. The van der Waals surface area contributed by atoms with E-state index in [0.29, 0.717) is 45.0 Å². The fraction of sp³-hybridized carbons (Fsp3) is 0.722. The molecule has 3 rings (SSSR count). The van der Waals surface area contributed by atoms with Gasteiger partial charge in [0.1, 0.15) is 11.9 Å². The van der Waals surface area contributed by atoms with Gasteiger partial charge < -0.3 is 19.2 Å². The second-order valence-corrected chi connectivity index (χ2v) is 6.73. The number of amides is 1. The molecule has 0 spiro atoms. The molecule has 0 aromatic carbocycles. The van der Waals surface area contributed by atoms with E-state index in [0.717, 1.165) is 25.8 Å². The molecule has 2 aliphatic rings. The van der Waals surface area contributed by atoms with Gasteiger partial charge in [0.2, 0.25) is 5.91 Å². The lowest BCUT2D eigenvalue weighted by Gasteiger charge is -2.34. The van der Waals surface area contributed by atoms with Gasteiger partial charge in [0, 0.05) is 19.1 Å². The minimum Gasteiger partial charge on any atom is -0.467 e. The highest BCUT2D eigenvalue weighted by Crippen LogP contribution is 2.26. The van der Waals surface area contributed by atoms with Gasteiger partial charge in [-0.2, -0.15) is 0 Å². The minimum absolute atomic E-state index is 0.178. The van der Waals surface area contributed by atoms with Crippen LogP contribution < -0.4 is 0 Å². The van der Waals surface area contributed by atoms with Crippen molar-refractivity contribution in [3.05, 3.63) is 24.2 Å². The number of nitrogens with zero attached hydrogens (tertiary/aromatic N) is 2. The summed E-state index contributed by atoms with van der Waals surface area (Å²) in [5.74, 6) is 0.788. The summed E-state index contributed by atoms with van der Waals surface area (Å²) in [6, 6.07) is 3.83. The van der Waals surface area contributed by atoms with Crippen LogP contribution in [-0.4, -0.2) is 66.2 Å². The monoisotopic (exact) mass is 336 g/mol. The molecule has 1 aromatic heterocycles. The Morgan fingerprint density at radius 2 is 2.08 bits per heavy atom. The second kappa shape index (κ2) is 8.65. The summed E-state index contributed by atoms with van der Waals surface area (Å²) in [6.07, 6.45) is 6.07. The molecular weight excluding hydrogens is 308 g/mol. The molecule has 2 atom stereocenters. The summed E-state index contributed by atoms with van der Waals surface area (Å²) in [6.45, 7) is 4.00. The minimum atomic E-state index is -0.607. The number of aliphatic hydroxyl groups is 1. The number of furan rings is 1. The number of ether oxygens (including phenoxy) is 1. The maximum atomic E-state index is 12.6. The summed E-state index contributed by atoms with van der Waals surface area (Å²) >= 11 is 0. The van der Waals surface area contributed by atoms with Gasteiger partial charge in [-0.05, 0) is 37.9 Å². The Morgan fingerprint density at radius 1 is 1.25 bits per heavy atom. The number of morpholine rings is 1. The molecule has 0 aliphatic carbocycles. The number of likely N-dealkylation sites (tertiary alicyclic amines) is 1. The molecule has 2 fully saturated rings. The fourth-order valence-corrected chi connectivity index (χ4v) is 3.65. The molecule has 6 nitrogen and oxygen atoms in total. The molecule has 0 saturated carbocycles. The van der Waals surface area contributed by atoms with Crippen LogP contribution >= 0.6 is 0 Å². The zero-order valence-corrected chi connectivity index (χ0v) is 14.2. The van der Waals surface area contributed by atoms with Gasteiger partial charge in [0.15, 0.2) is 0 Å². The zero-order chi connectivity index (χ0) is 16.8. The number of hydrogen-bond donors (Lipinski definition) is 1. The van der Waals surface area contributed by atoms with Crippen molar-refractivity contribution in [3.8, 4) is 0 Å². The summed E-state index contributed by atoms with van der Waals surface area (Å²) in [5.41, 5.74) is 0. The van der Waals surface area contributed by atoms with Crippen molar-refractivity contribution < 1.29 is 19.1 Å². The highest BCUT2D eigenvalue weighted by atomic mass is 16.5. The maximum Gasteiger partial charge on any atom is 0.236 e. The molecule has 1 aromatic rings. The molecule has 1 amide bonds. The second-order valence-electron chi connectivity index (χ2n) is 6.73. The molecule has 2 saturated heterocycles. The van der Waals surface area contributed by atoms with E-state index in [-0.39, 0.29) is 11.9 Å². The van der Waals surface area contributed by atoms with Crippen LogP contribution in [0.3, 0.4) is 0 Å². The number of aliphatic hydroxyl groups excluding tert-OH is 1. The Balaban J connectivity index is 1.60. The molecule has 2 aliphatic heterocycles. The van der Waals surface area contributed by atoms with E-state index in [1.54, 1.807) is 12.3 Å². The largest absolute Gasteiger partial charge is 0.467 e. The standard InChI is InChI=1S/C18H28N2O4/c21-16(17-6-4-10-24-17)13-15-5-2-1-3-7-20(15)14-18(22)19-8-11-23-12-9-19/h4,6,10,15-16,21H,1-3,5,7-9,11-14H2. The summed E-state index contributed by atoms with van der Waals surface area (Å²) in [7, 11) is 0. The number of carbonyl (C=O) groups is 1. The van der Waals surface area contributed by atoms with Crippen molar-refractivity contribution >= 4 is 5.91 Å². The first-order valence-electron chi connectivity index (χ1n) is 9.05. The Bertz CT molecular complexity index is 499. The van der Waals surface area contributed by atoms with Crippen molar-refractivity contribution in [1.82, 2.24) is 9.80 Å². The first-order chi connectivity index (χ1) is 11.7. The van der Waals surface area contributed by atoms with Gasteiger partial charge in [0.05, 0.1) is 26.0 Å². The van der Waals surface area contributed by atoms with Gasteiger partial charge in [-0.1, -0.05) is 12.8 Å². The molecule has 2 unspecified atom stereocenters. The Labute approximate surface area is 143 Å². The van der Waals surface area contributed by atoms with Gasteiger partial charge in [-0.3, -0.25) is 9.69 Å². The van der Waals surface area contributed by atoms with Crippen LogP contribution in [0.15, 0.2) is 22.8 Å². The van der Waals surface area contributed by atoms with Crippen LogP contribution in [0, 0.1) is 0 Å². The van der Waals surface area contributed by atoms with Crippen LogP contribution in [0.2, 0.25) is 0 Å². The van der Waals surface area contributed by atoms with Crippen LogP contribution in [0.1, 0.15) is 44.0 Å². The van der Waals surface area contributed by atoms with Crippen molar-refractivity contribution in [3.63, 3.8) is 0 Å². The van der Waals surface area contributed by atoms with E-state index >= 15 is 0 Å². The lowest BCUT2D eigenvalue weighted by Crippen LogP contribution is -2.48. The molecule has 6 heteroatoms. The van der Waals surface area contributed by atoms with Crippen LogP contribution in [0.25, 0.3) is 0 Å². The zero-order valence-electron chi connectivity index (χ0n) is 14.2. The van der Waals surface area contributed by atoms with Gasteiger partial charge >= 0.3 is 0 Å². The topological polar surface area (TPSA) is 66.2 Å². The lowest BCUT2D eigenvalue weighted by molar-refractivity contribution is -0.137. The molecule has 0 radical (unpaired) electrons. The van der Waals surface area contributed by atoms with E-state index in [2.05, 4.69) is 4.90 Å². The van der Waals surface area contributed by atoms with Crippen molar-refractivity contribution in [2.45, 2.75) is 44.2 Å². The normalized spacial score (nSPS) is 24.5. The van der Waals surface area contributed by atoms with Crippen molar-refractivity contribution in [2.75, 3.05) is 39.4 Å². The Morgan fingerprint density at radius 3 is 2.83 bits per heavy atom. The first kappa shape index (κ1) is 17.5.